The Morgan fingerprint density at radius 2 is 1.61 bits per heavy atom. The Morgan fingerprint density at radius 1 is 1.04 bits per heavy atom. The first-order valence-corrected chi connectivity index (χ1v) is 10.0. The van der Waals surface area contributed by atoms with Gasteiger partial charge in [0.15, 0.2) is 0 Å². The number of carbonyl (C=O) groups excluding carboxylic acids is 2. The SMILES string of the molecule is O=C1CC2(CCN(C(=O)NC(c3ccc(Cl)cc3)c3ccc(Cl)cc3)C2)CN1. The summed E-state index contributed by atoms with van der Waals surface area (Å²) in [7, 11) is 0. The highest BCUT2D eigenvalue weighted by Crippen LogP contribution is 2.37. The van der Waals surface area contributed by atoms with Crippen LogP contribution in [-0.2, 0) is 4.79 Å². The minimum atomic E-state index is -0.318. The van der Waals surface area contributed by atoms with E-state index in [4.69, 9.17) is 23.2 Å². The van der Waals surface area contributed by atoms with Gasteiger partial charge in [-0.3, -0.25) is 4.79 Å². The van der Waals surface area contributed by atoms with Crippen LogP contribution < -0.4 is 10.6 Å². The van der Waals surface area contributed by atoms with Crippen molar-refractivity contribution in [1.29, 1.82) is 0 Å². The summed E-state index contributed by atoms with van der Waals surface area (Å²) >= 11 is 12.1. The molecule has 5 nitrogen and oxygen atoms in total. The molecule has 0 radical (unpaired) electrons. The van der Waals surface area contributed by atoms with Gasteiger partial charge in [0.25, 0.3) is 0 Å². The smallest absolute Gasteiger partial charge is 0.318 e. The van der Waals surface area contributed by atoms with Gasteiger partial charge in [0.05, 0.1) is 6.04 Å². The first kappa shape index (κ1) is 19.1. The fourth-order valence-electron chi connectivity index (χ4n) is 4.03. The summed E-state index contributed by atoms with van der Waals surface area (Å²) in [6, 6.07) is 14.4. The topological polar surface area (TPSA) is 61.4 Å². The zero-order chi connectivity index (χ0) is 19.7. The minimum absolute atomic E-state index is 0.0717. The molecule has 2 N–H and O–H groups in total. The summed E-state index contributed by atoms with van der Waals surface area (Å²) in [4.78, 5) is 26.5. The molecule has 2 saturated heterocycles. The van der Waals surface area contributed by atoms with Crippen LogP contribution in [0.15, 0.2) is 48.5 Å². The molecule has 28 heavy (non-hydrogen) atoms. The van der Waals surface area contributed by atoms with Crippen LogP contribution in [0.4, 0.5) is 4.79 Å². The molecule has 2 aliphatic heterocycles. The second-order valence-corrected chi connectivity index (χ2v) is 8.48. The molecule has 2 fully saturated rings. The Morgan fingerprint density at radius 3 is 2.11 bits per heavy atom. The molecule has 2 heterocycles. The molecule has 2 aromatic carbocycles. The van der Waals surface area contributed by atoms with Crippen LogP contribution in [0.2, 0.25) is 10.0 Å². The molecule has 0 aliphatic carbocycles. The number of amides is 3. The van der Waals surface area contributed by atoms with Crippen molar-refractivity contribution in [1.82, 2.24) is 15.5 Å². The number of rotatable bonds is 3. The van der Waals surface area contributed by atoms with E-state index < -0.39 is 0 Å². The molecule has 1 unspecified atom stereocenters. The molecule has 3 amide bonds. The Bertz CT molecular complexity index is 840. The number of hydrogen-bond acceptors (Lipinski definition) is 2. The van der Waals surface area contributed by atoms with Gasteiger partial charge in [0.1, 0.15) is 0 Å². The number of carbonyl (C=O) groups is 2. The average molecular weight is 418 g/mol. The molecular weight excluding hydrogens is 397 g/mol. The zero-order valence-corrected chi connectivity index (χ0v) is 16.8. The van der Waals surface area contributed by atoms with Crippen molar-refractivity contribution in [3.05, 3.63) is 69.7 Å². The fraction of sp³-hybridized carbons (Fsp3) is 0.333. The van der Waals surface area contributed by atoms with Gasteiger partial charge in [-0.2, -0.15) is 0 Å². The van der Waals surface area contributed by atoms with Crippen LogP contribution in [0.5, 0.6) is 0 Å². The maximum absolute atomic E-state index is 13.0. The van der Waals surface area contributed by atoms with E-state index in [9.17, 15) is 9.59 Å². The van der Waals surface area contributed by atoms with Gasteiger partial charge in [-0.15, -0.1) is 0 Å². The third kappa shape index (κ3) is 3.96. The van der Waals surface area contributed by atoms with Crippen molar-refractivity contribution in [3.63, 3.8) is 0 Å². The minimum Gasteiger partial charge on any atom is -0.355 e. The first-order valence-electron chi connectivity index (χ1n) is 9.27. The largest absolute Gasteiger partial charge is 0.355 e. The Kier molecular flexibility index (Phi) is 5.21. The van der Waals surface area contributed by atoms with E-state index in [1.807, 2.05) is 48.5 Å². The molecule has 1 atom stereocenters. The second kappa shape index (κ2) is 7.64. The Hall–Kier alpha value is -2.24. The highest BCUT2D eigenvalue weighted by Gasteiger charge is 2.45. The van der Waals surface area contributed by atoms with E-state index in [1.165, 1.54) is 0 Å². The summed E-state index contributed by atoms with van der Waals surface area (Å²) in [6.07, 6.45) is 1.33. The summed E-state index contributed by atoms with van der Waals surface area (Å²) in [5.74, 6) is 0.0717. The highest BCUT2D eigenvalue weighted by atomic mass is 35.5. The summed E-state index contributed by atoms with van der Waals surface area (Å²) in [6.45, 7) is 1.88. The molecule has 7 heteroatoms. The van der Waals surface area contributed by atoms with Crippen molar-refractivity contribution in [2.75, 3.05) is 19.6 Å². The standard InChI is InChI=1S/C21H21Cl2N3O2/c22-16-5-1-14(2-6-16)19(15-3-7-17(23)8-4-15)25-20(28)26-10-9-21(13-26)11-18(27)24-12-21/h1-8,19H,9-13H2,(H,24,27)(H,25,28). The molecule has 146 valence electrons. The summed E-state index contributed by atoms with van der Waals surface area (Å²) < 4.78 is 0. The monoisotopic (exact) mass is 417 g/mol. The number of hydrogen-bond donors (Lipinski definition) is 2. The lowest BCUT2D eigenvalue weighted by Gasteiger charge is -2.26. The molecule has 2 aromatic rings. The van der Waals surface area contributed by atoms with Crippen LogP contribution in [0, 0.1) is 5.41 Å². The maximum Gasteiger partial charge on any atom is 0.318 e. The van der Waals surface area contributed by atoms with Crippen LogP contribution in [0.25, 0.3) is 0 Å². The predicted octanol–water partition coefficient (Wildman–Crippen LogP) is 4.00. The maximum atomic E-state index is 13.0. The van der Waals surface area contributed by atoms with Crippen molar-refractivity contribution in [2.24, 2.45) is 5.41 Å². The third-order valence-corrected chi connectivity index (χ3v) is 6.10. The van der Waals surface area contributed by atoms with Crippen molar-refractivity contribution >= 4 is 35.1 Å². The highest BCUT2D eigenvalue weighted by molar-refractivity contribution is 6.30. The zero-order valence-electron chi connectivity index (χ0n) is 15.3. The van der Waals surface area contributed by atoms with Gasteiger partial charge in [-0.1, -0.05) is 47.5 Å². The van der Waals surface area contributed by atoms with Crippen LogP contribution >= 0.6 is 23.2 Å². The fourth-order valence-corrected chi connectivity index (χ4v) is 4.29. The Balaban J connectivity index is 1.54. The van der Waals surface area contributed by atoms with Gasteiger partial charge in [-0.05, 0) is 41.8 Å². The normalized spacial score (nSPS) is 21.4. The molecular formula is C21H21Cl2N3O2. The van der Waals surface area contributed by atoms with E-state index in [2.05, 4.69) is 10.6 Å². The molecule has 0 aromatic heterocycles. The van der Waals surface area contributed by atoms with Crippen LogP contribution in [0.1, 0.15) is 30.0 Å². The van der Waals surface area contributed by atoms with E-state index in [0.29, 0.717) is 36.1 Å². The van der Waals surface area contributed by atoms with Crippen molar-refractivity contribution < 1.29 is 9.59 Å². The van der Waals surface area contributed by atoms with Crippen LogP contribution in [0.3, 0.4) is 0 Å². The number of likely N-dealkylation sites (tertiary alicyclic amines) is 1. The number of nitrogens with one attached hydrogen (secondary N) is 2. The van der Waals surface area contributed by atoms with Gasteiger partial charge in [0.2, 0.25) is 5.91 Å². The molecule has 2 aliphatic rings. The molecule has 0 bridgehead atoms. The lowest BCUT2D eigenvalue weighted by atomic mass is 9.86. The van der Waals surface area contributed by atoms with E-state index in [-0.39, 0.29) is 23.4 Å². The quantitative estimate of drug-likeness (QED) is 0.792. The predicted molar refractivity (Wildman–Crippen MR) is 110 cm³/mol. The number of halogens is 2. The van der Waals surface area contributed by atoms with Gasteiger partial charge >= 0.3 is 6.03 Å². The number of urea groups is 1. The molecule has 4 rings (SSSR count). The average Bonchev–Trinajstić information content (AvgIpc) is 3.27. The van der Waals surface area contributed by atoms with E-state index in [1.54, 1.807) is 4.90 Å². The Labute approximate surface area is 174 Å². The van der Waals surface area contributed by atoms with Gasteiger partial charge < -0.3 is 15.5 Å². The third-order valence-electron chi connectivity index (χ3n) is 5.60. The molecule has 1 spiro atoms. The summed E-state index contributed by atoms with van der Waals surface area (Å²) in [5, 5.41) is 7.32. The van der Waals surface area contributed by atoms with Gasteiger partial charge in [0, 0.05) is 41.5 Å². The van der Waals surface area contributed by atoms with Crippen molar-refractivity contribution in [2.45, 2.75) is 18.9 Å². The number of benzene rings is 2. The van der Waals surface area contributed by atoms with E-state index >= 15 is 0 Å². The molecule has 0 saturated carbocycles. The number of nitrogens with zero attached hydrogens (tertiary/aromatic N) is 1. The van der Waals surface area contributed by atoms with Crippen molar-refractivity contribution in [3.8, 4) is 0 Å². The first-order chi connectivity index (χ1) is 13.4. The van der Waals surface area contributed by atoms with Crippen LogP contribution in [-0.4, -0.2) is 36.5 Å². The lowest BCUT2D eigenvalue weighted by molar-refractivity contribution is -0.119. The van der Waals surface area contributed by atoms with Gasteiger partial charge in [-0.25, -0.2) is 4.79 Å². The second-order valence-electron chi connectivity index (χ2n) is 7.61. The van der Waals surface area contributed by atoms with E-state index in [0.717, 1.165) is 17.5 Å². The lowest BCUT2D eigenvalue weighted by Crippen LogP contribution is -2.42. The summed E-state index contributed by atoms with van der Waals surface area (Å²) in [5.41, 5.74) is 1.75.